The Bertz CT molecular complexity index is 1310. The van der Waals surface area contributed by atoms with Gasteiger partial charge in [0.2, 0.25) is 0 Å². The normalized spacial score (nSPS) is 12.6. The standard InChI is InChI=1S/C64H112O6/c1-4-7-10-13-16-19-22-25-27-29-31-32-34-35-37-39-42-45-48-51-54-57-63(66)69-60-61(59-68-62(65)56-53-50-47-44-41-24-21-18-15-12-9-6-3)70-64(67)58-55-52-49-46-43-40-38-36-33-30-28-26-23-20-17-14-11-8-5-2/h8,11,17-18,20-21,26,28-29,31,33,36,61H,4-7,9-10,12-16,19,22-25,27,30,32,34-35,37-60H2,1-3H3/b11-8-,20-17-,21-18-,28-26-,31-29-,36-33-. The van der Waals surface area contributed by atoms with Gasteiger partial charge in [-0.2, -0.15) is 0 Å². The summed E-state index contributed by atoms with van der Waals surface area (Å²) in [4.78, 5) is 38.2. The van der Waals surface area contributed by atoms with Crippen LogP contribution < -0.4 is 0 Å². The SMILES string of the molecule is CC/C=C\C/C=C\C/C=C\C/C=C\CCCCCCCCC(=O)OC(COC(=O)CCCCCCC/C=C\CCCCC)COC(=O)CCCCCCCCCCC/C=C\CCCCCCCCCC. The van der Waals surface area contributed by atoms with Crippen molar-refractivity contribution in [2.45, 2.75) is 303 Å². The van der Waals surface area contributed by atoms with E-state index in [2.05, 4.69) is 93.7 Å². The van der Waals surface area contributed by atoms with E-state index in [4.69, 9.17) is 14.2 Å². The number of carbonyl (C=O) groups is 3. The Balaban J connectivity index is 4.35. The molecule has 0 rings (SSSR count). The van der Waals surface area contributed by atoms with Crippen LogP contribution in [-0.4, -0.2) is 37.2 Å². The summed E-state index contributed by atoms with van der Waals surface area (Å²) in [5.74, 6) is -0.900. The molecule has 70 heavy (non-hydrogen) atoms. The molecule has 0 aliphatic carbocycles. The van der Waals surface area contributed by atoms with Crippen LogP contribution in [0.3, 0.4) is 0 Å². The second kappa shape index (κ2) is 58.4. The van der Waals surface area contributed by atoms with E-state index in [9.17, 15) is 14.4 Å². The molecular weight excluding hydrogens is 865 g/mol. The third-order valence-electron chi connectivity index (χ3n) is 12.9. The van der Waals surface area contributed by atoms with E-state index in [-0.39, 0.29) is 31.1 Å². The van der Waals surface area contributed by atoms with Gasteiger partial charge in [-0.15, -0.1) is 0 Å². The van der Waals surface area contributed by atoms with Gasteiger partial charge in [-0.05, 0) is 109 Å². The number of ether oxygens (including phenoxy) is 3. The largest absolute Gasteiger partial charge is 0.462 e. The van der Waals surface area contributed by atoms with Crippen molar-refractivity contribution in [1.29, 1.82) is 0 Å². The summed E-state index contributed by atoms with van der Waals surface area (Å²) < 4.78 is 16.9. The molecule has 0 aromatic carbocycles. The fourth-order valence-corrected chi connectivity index (χ4v) is 8.42. The second-order valence-corrected chi connectivity index (χ2v) is 19.9. The topological polar surface area (TPSA) is 78.9 Å². The van der Waals surface area contributed by atoms with Gasteiger partial charge in [0.1, 0.15) is 13.2 Å². The molecule has 0 aliphatic heterocycles. The Hall–Kier alpha value is -3.15. The molecular formula is C64H112O6. The van der Waals surface area contributed by atoms with Crippen molar-refractivity contribution in [3.8, 4) is 0 Å². The summed E-state index contributed by atoms with van der Waals surface area (Å²) in [6.45, 7) is 6.51. The fourth-order valence-electron chi connectivity index (χ4n) is 8.42. The zero-order valence-electron chi connectivity index (χ0n) is 46.3. The molecule has 0 amide bonds. The summed E-state index contributed by atoms with van der Waals surface area (Å²) in [5, 5.41) is 0. The average molecular weight is 978 g/mol. The first-order chi connectivity index (χ1) is 34.5. The van der Waals surface area contributed by atoms with E-state index < -0.39 is 6.10 Å². The zero-order chi connectivity index (χ0) is 50.7. The maximum atomic E-state index is 12.9. The Morgan fingerprint density at radius 1 is 0.300 bits per heavy atom. The van der Waals surface area contributed by atoms with Crippen molar-refractivity contribution in [1.82, 2.24) is 0 Å². The van der Waals surface area contributed by atoms with Crippen LogP contribution in [0.2, 0.25) is 0 Å². The van der Waals surface area contributed by atoms with Crippen LogP contribution in [0.4, 0.5) is 0 Å². The predicted molar refractivity (Wildman–Crippen MR) is 302 cm³/mol. The highest BCUT2D eigenvalue weighted by Crippen LogP contribution is 2.15. The van der Waals surface area contributed by atoms with Gasteiger partial charge in [-0.25, -0.2) is 0 Å². The lowest BCUT2D eigenvalue weighted by atomic mass is 10.1. The van der Waals surface area contributed by atoms with Gasteiger partial charge in [-0.3, -0.25) is 14.4 Å². The molecule has 0 aromatic rings. The molecule has 0 radical (unpaired) electrons. The molecule has 0 N–H and O–H groups in total. The minimum absolute atomic E-state index is 0.0841. The van der Waals surface area contributed by atoms with Crippen LogP contribution in [-0.2, 0) is 28.6 Å². The van der Waals surface area contributed by atoms with Crippen LogP contribution in [0.25, 0.3) is 0 Å². The molecule has 1 unspecified atom stereocenters. The van der Waals surface area contributed by atoms with Gasteiger partial charge < -0.3 is 14.2 Å². The van der Waals surface area contributed by atoms with E-state index in [1.54, 1.807) is 0 Å². The molecule has 1 atom stereocenters. The number of rotatable bonds is 54. The molecule has 6 nitrogen and oxygen atoms in total. The monoisotopic (exact) mass is 977 g/mol. The van der Waals surface area contributed by atoms with Gasteiger partial charge in [0.15, 0.2) is 6.10 Å². The Morgan fingerprint density at radius 2 is 0.557 bits per heavy atom. The maximum Gasteiger partial charge on any atom is 0.306 e. The zero-order valence-corrected chi connectivity index (χ0v) is 46.3. The van der Waals surface area contributed by atoms with Crippen LogP contribution in [0.5, 0.6) is 0 Å². The van der Waals surface area contributed by atoms with Crippen LogP contribution >= 0.6 is 0 Å². The smallest absolute Gasteiger partial charge is 0.306 e. The highest BCUT2D eigenvalue weighted by atomic mass is 16.6. The van der Waals surface area contributed by atoms with E-state index in [0.29, 0.717) is 19.3 Å². The quantitative estimate of drug-likeness (QED) is 0.0261. The first-order valence-electron chi connectivity index (χ1n) is 29.9. The van der Waals surface area contributed by atoms with Gasteiger partial charge in [0, 0.05) is 19.3 Å². The van der Waals surface area contributed by atoms with E-state index in [1.165, 1.54) is 154 Å². The third-order valence-corrected chi connectivity index (χ3v) is 12.9. The first-order valence-corrected chi connectivity index (χ1v) is 29.9. The van der Waals surface area contributed by atoms with E-state index >= 15 is 0 Å². The minimum atomic E-state index is -0.787. The highest BCUT2D eigenvalue weighted by Gasteiger charge is 2.19. The Morgan fingerprint density at radius 3 is 0.914 bits per heavy atom. The molecule has 0 saturated heterocycles. The number of esters is 3. The first kappa shape index (κ1) is 66.9. The summed E-state index contributed by atoms with van der Waals surface area (Å²) in [6.07, 6.45) is 74.7. The van der Waals surface area contributed by atoms with Crippen molar-refractivity contribution in [3.05, 3.63) is 72.9 Å². The number of unbranched alkanes of at least 4 members (excludes halogenated alkanes) is 31. The molecule has 0 aromatic heterocycles. The molecule has 0 spiro atoms. The number of allylic oxidation sites excluding steroid dienone is 12. The van der Waals surface area contributed by atoms with Gasteiger partial charge in [0.25, 0.3) is 0 Å². The summed E-state index contributed by atoms with van der Waals surface area (Å²) >= 11 is 0. The summed E-state index contributed by atoms with van der Waals surface area (Å²) in [5.41, 5.74) is 0. The summed E-state index contributed by atoms with van der Waals surface area (Å²) in [6, 6.07) is 0. The van der Waals surface area contributed by atoms with Gasteiger partial charge in [-0.1, -0.05) is 241 Å². The lowest BCUT2D eigenvalue weighted by Crippen LogP contribution is -2.30. The summed E-state index contributed by atoms with van der Waals surface area (Å²) in [7, 11) is 0. The highest BCUT2D eigenvalue weighted by molar-refractivity contribution is 5.71. The molecule has 0 fully saturated rings. The number of carbonyl (C=O) groups excluding carboxylic acids is 3. The predicted octanol–water partition coefficient (Wildman–Crippen LogP) is 20.2. The third kappa shape index (κ3) is 55.8. The number of hydrogen-bond acceptors (Lipinski definition) is 6. The van der Waals surface area contributed by atoms with Crippen molar-refractivity contribution < 1.29 is 28.6 Å². The van der Waals surface area contributed by atoms with Gasteiger partial charge >= 0.3 is 17.9 Å². The van der Waals surface area contributed by atoms with Crippen molar-refractivity contribution in [2.24, 2.45) is 0 Å². The van der Waals surface area contributed by atoms with E-state index in [0.717, 1.165) is 103 Å². The molecule has 6 heteroatoms. The van der Waals surface area contributed by atoms with Crippen LogP contribution in [0.15, 0.2) is 72.9 Å². The average Bonchev–Trinajstić information content (AvgIpc) is 3.36. The van der Waals surface area contributed by atoms with Crippen molar-refractivity contribution in [3.63, 3.8) is 0 Å². The Labute approximate surface area is 433 Å². The lowest BCUT2D eigenvalue weighted by Gasteiger charge is -2.18. The maximum absolute atomic E-state index is 12.9. The van der Waals surface area contributed by atoms with Crippen LogP contribution in [0.1, 0.15) is 297 Å². The Kier molecular flexibility index (Phi) is 55.8. The number of hydrogen-bond donors (Lipinski definition) is 0. The molecule has 0 saturated carbocycles. The molecule has 0 heterocycles. The van der Waals surface area contributed by atoms with Crippen LogP contribution in [0, 0.1) is 0 Å². The van der Waals surface area contributed by atoms with Crippen molar-refractivity contribution in [2.75, 3.05) is 13.2 Å². The molecule has 0 aliphatic rings. The van der Waals surface area contributed by atoms with E-state index in [1.807, 2.05) is 0 Å². The fraction of sp³-hybridized carbons (Fsp3) is 0.766. The minimum Gasteiger partial charge on any atom is -0.462 e. The lowest BCUT2D eigenvalue weighted by molar-refractivity contribution is -0.167. The second-order valence-electron chi connectivity index (χ2n) is 19.9. The molecule has 0 bridgehead atoms. The molecule has 404 valence electrons. The van der Waals surface area contributed by atoms with Crippen molar-refractivity contribution >= 4 is 17.9 Å². The van der Waals surface area contributed by atoms with Gasteiger partial charge in [0.05, 0.1) is 0 Å².